The summed E-state index contributed by atoms with van der Waals surface area (Å²) in [6, 6.07) is 0. The van der Waals surface area contributed by atoms with Crippen molar-refractivity contribution in [2.24, 2.45) is 0 Å². The van der Waals surface area contributed by atoms with Gasteiger partial charge in [-0.1, -0.05) is 0 Å². The van der Waals surface area contributed by atoms with Crippen LogP contribution in [0.5, 0.6) is 0 Å². The minimum Gasteiger partial charge on any atom is -0.504 e. The molecule has 0 saturated heterocycles. The third-order valence-corrected chi connectivity index (χ3v) is 2.04. The van der Waals surface area contributed by atoms with Gasteiger partial charge in [0.2, 0.25) is 5.78 Å². The Labute approximate surface area is 75.8 Å². The first-order valence-electron chi connectivity index (χ1n) is 4.03. The fraction of sp³-hybridized carbons (Fsp3) is 0.100. The van der Waals surface area contributed by atoms with E-state index in [1.807, 2.05) is 12.2 Å². The number of ketones is 1. The number of carbonyl (C=O) groups excluding carboxylic acids is 1. The Kier molecular flexibility index (Phi) is 1.77. The molecule has 2 rings (SSSR count). The molecule has 0 aromatic rings. The number of Topliss-reactive ketones (excluding diaryl/α,β-unsaturated/α-hetero) is 1. The average molecular weight is 175 g/mol. The van der Waals surface area contributed by atoms with Crippen LogP contribution >= 0.6 is 0 Å². The molecule has 13 heavy (non-hydrogen) atoms. The summed E-state index contributed by atoms with van der Waals surface area (Å²) in [4.78, 5) is 11.1. The Morgan fingerprint density at radius 3 is 2.92 bits per heavy atom. The molecule has 3 nitrogen and oxygen atoms in total. The Morgan fingerprint density at radius 1 is 1.31 bits per heavy atom. The molecule has 66 valence electrons. The van der Waals surface area contributed by atoms with Crippen LogP contribution in [-0.2, 0) is 4.79 Å². The van der Waals surface area contributed by atoms with Crippen LogP contribution in [0.4, 0.5) is 0 Å². The van der Waals surface area contributed by atoms with Crippen molar-refractivity contribution in [3.05, 3.63) is 47.5 Å². The Morgan fingerprint density at radius 2 is 2.08 bits per heavy atom. The van der Waals surface area contributed by atoms with Crippen molar-refractivity contribution in [3.63, 3.8) is 0 Å². The average Bonchev–Trinajstić information content (AvgIpc) is 2.31. The quantitative estimate of drug-likeness (QED) is 0.584. The molecule has 0 fully saturated rings. The normalized spacial score (nSPS) is 20.6. The first-order chi connectivity index (χ1) is 6.27. The highest BCUT2D eigenvalue weighted by molar-refractivity contribution is 5.97. The predicted octanol–water partition coefficient (Wildman–Crippen LogP) is 1.33. The molecule has 1 aliphatic carbocycles. The molecule has 2 aliphatic rings. The van der Waals surface area contributed by atoms with E-state index in [-0.39, 0.29) is 18.0 Å². The van der Waals surface area contributed by atoms with Gasteiger partial charge in [-0.3, -0.25) is 4.79 Å². The summed E-state index contributed by atoms with van der Waals surface area (Å²) < 4.78 is 0. The second kappa shape index (κ2) is 2.94. The molecular formula is C10H9NO2. The summed E-state index contributed by atoms with van der Waals surface area (Å²) in [6.45, 7) is 0. The fourth-order valence-corrected chi connectivity index (χ4v) is 1.34. The Bertz CT molecular complexity index is 372. The molecule has 2 N–H and O–H groups in total. The monoisotopic (exact) mass is 175 g/mol. The van der Waals surface area contributed by atoms with Crippen molar-refractivity contribution in [2.75, 3.05) is 0 Å². The molecule has 3 heteroatoms. The number of hydrogen-bond acceptors (Lipinski definition) is 3. The zero-order valence-electron chi connectivity index (χ0n) is 6.95. The largest absolute Gasteiger partial charge is 0.504 e. The Hall–Kier alpha value is -1.77. The van der Waals surface area contributed by atoms with Gasteiger partial charge in [0.1, 0.15) is 0 Å². The number of aliphatic hydroxyl groups is 1. The van der Waals surface area contributed by atoms with Gasteiger partial charge in [0, 0.05) is 18.8 Å². The van der Waals surface area contributed by atoms with E-state index >= 15 is 0 Å². The van der Waals surface area contributed by atoms with Crippen LogP contribution in [0.3, 0.4) is 0 Å². The lowest BCUT2D eigenvalue weighted by Crippen LogP contribution is -2.08. The second-order valence-electron chi connectivity index (χ2n) is 2.94. The molecule has 0 unspecified atom stereocenters. The molecule has 0 radical (unpaired) electrons. The molecule has 0 atom stereocenters. The number of nitrogens with one attached hydrogen (secondary N) is 1. The molecule has 0 spiro atoms. The van der Waals surface area contributed by atoms with Crippen LogP contribution in [0.15, 0.2) is 47.5 Å². The lowest BCUT2D eigenvalue weighted by atomic mass is 9.96. The first-order valence-corrected chi connectivity index (χ1v) is 4.03. The van der Waals surface area contributed by atoms with Gasteiger partial charge < -0.3 is 10.4 Å². The van der Waals surface area contributed by atoms with E-state index in [0.29, 0.717) is 0 Å². The van der Waals surface area contributed by atoms with Gasteiger partial charge in [0.15, 0.2) is 5.76 Å². The van der Waals surface area contributed by atoms with Crippen molar-refractivity contribution in [2.45, 2.75) is 6.42 Å². The SMILES string of the molecule is O=C1CC2=C(C=CNC=C2)C=C1O. The molecule has 0 saturated carbocycles. The lowest BCUT2D eigenvalue weighted by Gasteiger charge is -2.10. The van der Waals surface area contributed by atoms with Crippen LogP contribution < -0.4 is 5.32 Å². The van der Waals surface area contributed by atoms with Gasteiger partial charge in [-0.15, -0.1) is 0 Å². The molecule has 0 aromatic heterocycles. The molecule has 0 aromatic carbocycles. The van der Waals surface area contributed by atoms with Crippen molar-refractivity contribution in [1.82, 2.24) is 5.32 Å². The van der Waals surface area contributed by atoms with E-state index in [4.69, 9.17) is 0 Å². The van der Waals surface area contributed by atoms with Crippen LogP contribution in [0, 0.1) is 0 Å². The van der Waals surface area contributed by atoms with Crippen molar-refractivity contribution < 1.29 is 9.90 Å². The lowest BCUT2D eigenvalue weighted by molar-refractivity contribution is -0.117. The highest BCUT2D eigenvalue weighted by Crippen LogP contribution is 2.22. The summed E-state index contributed by atoms with van der Waals surface area (Å²) in [5, 5.41) is 12.1. The maximum absolute atomic E-state index is 11.1. The number of aliphatic hydroxyl groups excluding tert-OH is 1. The van der Waals surface area contributed by atoms with Gasteiger partial charge >= 0.3 is 0 Å². The van der Waals surface area contributed by atoms with Crippen molar-refractivity contribution >= 4 is 5.78 Å². The molecule has 1 heterocycles. The maximum Gasteiger partial charge on any atom is 0.201 e. The minimum absolute atomic E-state index is 0.154. The van der Waals surface area contributed by atoms with Gasteiger partial charge in [-0.2, -0.15) is 0 Å². The van der Waals surface area contributed by atoms with Gasteiger partial charge in [-0.05, 0) is 29.4 Å². The van der Waals surface area contributed by atoms with Crippen LogP contribution in [0.1, 0.15) is 6.42 Å². The first kappa shape index (κ1) is 7.86. The highest BCUT2D eigenvalue weighted by Gasteiger charge is 2.17. The summed E-state index contributed by atoms with van der Waals surface area (Å²) in [6.07, 6.45) is 8.98. The maximum atomic E-state index is 11.1. The van der Waals surface area contributed by atoms with E-state index in [9.17, 15) is 9.90 Å². The minimum atomic E-state index is -0.223. The molecular weight excluding hydrogens is 166 g/mol. The van der Waals surface area contributed by atoms with Gasteiger partial charge in [0.25, 0.3) is 0 Å². The third kappa shape index (κ3) is 1.40. The van der Waals surface area contributed by atoms with E-state index in [1.165, 1.54) is 6.08 Å². The number of hydrogen-bond donors (Lipinski definition) is 2. The van der Waals surface area contributed by atoms with Crippen LogP contribution in [-0.4, -0.2) is 10.9 Å². The predicted molar refractivity (Wildman–Crippen MR) is 48.8 cm³/mol. The topological polar surface area (TPSA) is 49.3 Å². The molecule has 1 aliphatic heterocycles. The molecule has 0 amide bonds. The van der Waals surface area contributed by atoms with E-state index in [0.717, 1.165) is 11.1 Å². The standard InChI is InChI=1S/C10H9NO2/c12-9-5-7-1-3-11-4-2-8(7)6-10(9)13/h1-5,11-12H,6H2. The van der Waals surface area contributed by atoms with Crippen LogP contribution in [0.25, 0.3) is 0 Å². The van der Waals surface area contributed by atoms with Crippen LogP contribution in [0.2, 0.25) is 0 Å². The third-order valence-electron chi connectivity index (χ3n) is 2.04. The summed E-state index contributed by atoms with van der Waals surface area (Å²) in [5.41, 5.74) is 1.82. The highest BCUT2D eigenvalue weighted by atomic mass is 16.3. The van der Waals surface area contributed by atoms with Crippen molar-refractivity contribution in [1.29, 1.82) is 0 Å². The zero-order chi connectivity index (χ0) is 9.26. The number of carbonyl (C=O) groups is 1. The summed E-state index contributed by atoms with van der Waals surface area (Å²) in [7, 11) is 0. The van der Waals surface area contributed by atoms with Crippen molar-refractivity contribution in [3.8, 4) is 0 Å². The summed E-state index contributed by atoms with van der Waals surface area (Å²) >= 11 is 0. The second-order valence-corrected chi connectivity index (χ2v) is 2.94. The Balaban J connectivity index is 2.45. The summed E-state index contributed by atoms with van der Waals surface area (Å²) in [5.74, 6) is -0.377. The smallest absolute Gasteiger partial charge is 0.201 e. The fourth-order valence-electron chi connectivity index (χ4n) is 1.34. The van der Waals surface area contributed by atoms with Gasteiger partial charge in [-0.25, -0.2) is 0 Å². The zero-order valence-corrected chi connectivity index (χ0v) is 6.95. The van der Waals surface area contributed by atoms with E-state index in [2.05, 4.69) is 5.32 Å². The van der Waals surface area contributed by atoms with E-state index < -0.39 is 0 Å². The van der Waals surface area contributed by atoms with E-state index in [1.54, 1.807) is 12.4 Å². The van der Waals surface area contributed by atoms with Gasteiger partial charge in [0.05, 0.1) is 0 Å². The number of allylic oxidation sites excluding steroid dienone is 6. The number of rotatable bonds is 0. The molecule has 0 bridgehead atoms.